The van der Waals surface area contributed by atoms with Crippen LogP contribution < -0.4 is 9.64 Å². The van der Waals surface area contributed by atoms with E-state index in [9.17, 15) is 4.79 Å². The van der Waals surface area contributed by atoms with Crippen molar-refractivity contribution >= 4 is 22.4 Å². The number of nitrogens with zero attached hydrogens (tertiary/aromatic N) is 2. The van der Waals surface area contributed by atoms with E-state index in [0.717, 1.165) is 27.8 Å². The Bertz CT molecular complexity index is 958. The Balaban J connectivity index is 1.80. The lowest BCUT2D eigenvalue weighted by Crippen LogP contribution is -2.33. The predicted molar refractivity (Wildman–Crippen MR) is 108 cm³/mol. The Kier molecular flexibility index (Phi) is 6.06. The Hall–Kier alpha value is -3.32. The van der Waals surface area contributed by atoms with Crippen LogP contribution in [0.5, 0.6) is 5.75 Å². The molecule has 0 aliphatic carbocycles. The van der Waals surface area contributed by atoms with Gasteiger partial charge in [-0.3, -0.25) is 4.79 Å². The molecule has 0 aromatic heterocycles. The molecule has 0 spiro atoms. The largest absolute Gasteiger partial charge is 0.494 e. The van der Waals surface area contributed by atoms with Crippen molar-refractivity contribution in [3.8, 4) is 11.8 Å². The fourth-order valence-corrected chi connectivity index (χ4v) is 3.07. The van der Waals surface area contributed by atoms with Gasteiger partial charge in [0, 0.05) is 12.2 Å². The van der Waals surface area contributed by atoms with Crippen molar-refractivity contribution in [2.24, 2.45) is 0 Å². The Morgan fingerprint density at radius 1 is 1.04 bits per heavy atom. The molecule has 0 aliphatic rings. The molecular weight excluding hydrogens is 336 g/mol. The van der Waals surface area contributed by atoms with Gasteiger partial charge in [0.1, 0.15) is 5.75 Å². The van der Waals surface area contributed by atoms with Gasteiger partial charge in [-0.1, -0.05) is 42.5 Å². The fraction of sp³-hybridized carbons (Fsp3) is 0.217. The minimum absolute atomic E-state index is 0.0234. The van der Waals surface area contributed by atoms with Crippen LogP contribution in [-0.4, -0.2) is 19.1 Å². The Morgan fingerprint density at radius 2 is 1.78 bits per heavy atom. The number of ether oxygens (including phenoxy) is 1. The van der Waals surface area contributed by atoms with Gasteiger partial charge in [0.15, 0.2) is 0 Å². The lowest BCUT2D eigenvalue weighted by Gasteiger charge is -2.22. The molecule has 0 unspecified atom stereocenters. The molecule has 0 aliphatic heterocycles. The van der Waals surface area contributed by atoms with Crippen LogP contribution in [0.25, 0.3) is 10.8 Å². The van der Waals surface area contributed by atoms with Crippen LogP contribution in [0, 0.1) is 11.3 Å². The van der Waals surface area contributed by atoms with Gasteiger partial charge in [0.05, 0.1) is 25.5 Å². The zero-order chi connectivity index (χ0) is 19.1. The third-order valence-electron chi connectivity index (χ3n) is 4.38. The summed E-state index contributed by atoms with van der Waals surface area (Å²) >= 11 is 0. The molecule has 3 aromatic rings. The molecule has 0 radical (unpaired) electrons. The highest BCUT2D eigenvalue weighted by molar-refractivity contribution is 5.95. The summed E-state index contributed by atoms with van der Waals surface area (Å²) in [6.07, 6.45) is 0.583. The number of hydrogen-bond donors (Lipinski definition) is 0. The van der Waals surface area contributed by atoms with Crippen LogP contribution >= 0.6 is 0 Å². The molecular formula is C23H22N2O2. The van der Waals surface area contributed by atoms with E-state index in [4.69, 9.17) is 10.00 Å². The molecule has 0 saturated carbocycles. The highest BCUT2D eigenvalue weighted by Gasteiger charge is 2.16. The second-order valence-electron chi connectivity index (χ2n) is 6.24. The first-order valence-corrected chi connectivity index (χ1v) is 9.09. The number of nitriles is 1. The quantitative estimate of drug-likeness (QED) is 0.614. The number of hydrogen-bond acceptors (Lipinski definition) is 3. The summed E-state index contributed by atoms with van der Waals surface area (Å²) in [6.45, 7) is 2.90. The van der Waals surface area contributed by atoms with E-state index in [0.29, 0.717) is 19.6 Å². The van der Waals surface area contributed by atoms with E-state index < -0.39 is 0 Å². The van der Waals surface area contributed by atoms with Gasteiger partial charge >= 0.3 is 0 Å². The van der Waals surface area contributed by atoms with Crippen LogP contribution in [0.15, 0.2) is 66.7 Å². The standard InChI is InChI=1S/C23H22N2O2/c1-2-27-22-12-10-21(11-13-22)25(15-5-14-24)23(26)17-18-8-9-19-6-3-4-7-20(19)16-18/h3-4,6-13,16H,2,5,15,17H2,1H3. The first-order valence-electron chi connectivity index (χ1n) is 9.09. The van der Waals surface area contributed by atoms with Crippen LogP contribution in [0.2, 0.25) is 0 Å². The molecule has 136 valence electrons. The van der Waals surface area contributed by atoms with E-state index in [1.54, 1.807) is 4.90 Å². The van der Waals surface area contributed by atoms with E-state index >= 15 is 0 Å². The number of rotatable bonds is 7. The van der Waals surface area contributed by atoms with E-state index in [2.05, 4.69) is 12.1 Å². The zero-order valence-corrected chi connectivity index (χ0v) is 15.4. The molecule has 3 rings (SSSR count). The van der Waals surface area contributed by atoms with Gasteiger partial charge in [0.2, 0.25) is 5.91 Å². The summed E-state index contributed by atoms with van der Waals surface area (Å²) < 4.78 is 5.46. The maximum atomic E-state index is 13.0. The Morgan fingerprint density at radius 3 is 2.48 bits per heavy atom. The number of carbonyl (C=O) groups is 1. The van der Waals surface area contributed by atoms with Crippen LogP contribution in [-0.2, 0) is 11.2 Å². The number of amides is 1. The van der Waals surface area contributed by atoms with Crippen molar-refractivity contribution in [2.75, 3.05) is 18.1 Å². The molecule has 0 saturated heterocycles. The monoisotopic (exact) mass is 358 g/mol. The summed E-state index contributed by atoms with van der Waals surface area (Å²) in [5.74, 6) is 0.744. The topological polar surface area (TPSA) is 53.3 Å². The van der Waals surface area contributed by atoms with Crippen molar-refractivity contribution in [3.05, 3.63) is 72.3 Å². The van der Waals surface area contributed by atoms with Crippen LogP contribution in [0.1, 0.15) is 18.9 Å². The average Bonchev–Trinajstić information content (AvgIpc) is 2.69. The van der Waals surface area contributed by atoms with Gasteiger partial charge in [-0.2, -0.15) is 5.26 Å². The summed E-state index contributed by atoms with van der Waals surface area (Å²) in [6, 6.07) is 23.7. The third-order valence-corrected chi connectivity index (χ3v) is 4.38. The van der Waals surface area contributed by atoms with Crippen molar-refractivity contribution in [1.82, 2.24) is 0 Å². The molecule has 3 aromatic carbocycles. The molecule has 4 nitrogen and oxygen atoms in total. The molecule has 4 heteroatoms. The van der Waals surface area contributed by atoms with Crippen molar-refractivity contribution in [2.45, 2.75) is 19.8 Å². The molecule has 0 fully saturated rings. The second kappa shape index (κ2) is 8.86. The van der Waals surface area contributed by atoms with Crippen LogP contribution in [0.4, 0.5) is 5.69 Å². The van der Waals surface area contributed by atoms with Crippen LogP contribution in [0.3, 0.4) is 0 Å². The maximum Gasteiger partial charge on any atom is 0.231 e. The summed E-state index contributed by atoms with van der Waals surface area (Å²) in [5.41, 5.74) is 1.74. The van der Waals surface area contributed by atoms with E-state index in [1.165, 1.54) is 0 Å². The molecule has 0 bridgehead atoms. The first-order chi connectivity index (χ1) is 13.2. The van der Waals surface area contributed by atoms with Gasteiger partial charge < -0.3 is 9.64 Å². The SMILES string of the molecule is CCOc1ccc(N(CCC#N)C(=O)Cc2ccc3ccccc3c2)cc1. The third kappa shape index (κ3) is 4.65. The highest BCUT2D eigenvalue weighted by atomic mass is 16.5. The molecule has 0 heterocycles. The van der Waals surface area contributed by atoms with Gasteiger partial charge in [0.25, 0.3) is 0 Å². The van der Waals surface area contributed by atoms with E-state index in [-0.39, 0.29) is 12.3 Å². The normalized spacial score (nSPS) is 10.4. The molecule has 0 atom stereocenters. The molecule has 0 N–H and O–H groups in total. The van der Waals surface area contributed by atoms with Crippen molar-refractivity contribution in [1.29, 1.82) is 5.26 Å². The second-order valence-corrected chi connectivity index (χ2v) is 6.24. The van der Waals surface area contributed by atoms with E-state index in [1.807, 2.05) is 67.6 Å². The zero-order valence-electron chi connectivity index (χ0n) is 15.4. The minimum atomic E-state index is -0.0234. The predicted octanol–water partition coefficient (Wildman–Crippen LogP) is 4.73. The van der Waals surface area contributed by atoms with Gasteiger partial charge in [-0.25, -0.2) is 0 Å². The number of anilines is 1. The molecule has 1 amide bonds. The summed E-state index contributed by atoms with van der Waals surface area (Å²) in [5, 5.41) is 11.2. The van der Waals surface area contributed by atoms with Gasteiger partial charge in [-0.05, 0) is 47.5 Å². The lowest BCUT2D eigenvalue weighted by molar-refractivity contribution is -0.118. The fourth-order valence-electron chi connectivity index (χ4n) is 3.07. The lowest BCUT2D eigenvalue weighted by atomic mass is 10.0. The summed E-state index contributed by atoms with van der Waals surface area (Å²) in [7, 11) is 0. The smallest absolute Gasteiger partial charge is 0.231 e. The summed E-state index contributed by atoms with van der Waals surface area (Å²) in [4.78, 5) is 14.6. The first kappa shape index (κ1) is 18.5. The highest BCUT2D eigenvalue weighted by Crippen LogP contribution is 2.22. The van der Waals surface area contributed by atoms with Gasteiger partial charge in [-0.15, -0.1) is 0 Å². The number of carbonyl (C=O) groups excluding carboxylic acids is 1. The number of benzene rings is 3. The Labute approximate surface area is 159 Å². The minimum Gasteiger partial charge on any atom is -0.494 e. The molecule has 27 heavy (non-hydrogen) atoms. The van der Waals surface area contributed by atoms with Crippen molar-refractivity contribution in [3.63, 3.8) is 0 Å². The maximum absolute atomic E-state index is 13.0. The average molecular weight is 358 g/mol. The number of fused-ring (bicyclic) bond motifs is 1. The van der Waals surface area contributed by atoms with Crippen molar-refractivity contribution < 1.29 is 9.53 Å².